The summed E-state index contributed by atoms with van der Waals surface area (Å²) < 4.78 is 6.96. The van der Waals surface area contributed by atoms with Gasteiger partial charge in [-0.25, -0.2) is 4.98 Å². The molecule has 0 aliphatic heterocycles. The SMILES string of the molecule is C[C@H](NC(=O)CSc1nc2ccccc2c(=O)n1Cc1ccccc1)c1ccco1. The number of nitrogens with one attached hydrogen (secondary N) is 1. The lowest BCUT2D eigenvalue weighted by Crippen LogP contribution is -2.29. The van der Waals surface area contributed by atoms with Crippen molar-refractivity contribution in [3.05, 3.63) is 94.7 Å². The minimum atomic E-state index is -0.232. The van der Waals surface area contributed by atoms with Crippen LogP contribution in [0.5, 0.6) is 0 Å². The van der Waals surface area contributed by atoms with Crippen molar-refractivity contribution >= 4 is 28.6 Å². The molecule has 0 radical (unpaired) electrons. The average Bonchev–Trinajstić information content (AvgIpc) is 3.30. The van der Waals surface area contributed by atoms with Gasteiger partial charge in [0.2, 0.25) is 5.91 Å². The summed E-state index contributed by atoms with van der Waals surface area (Å²) in [7, 11) is 0. The number of aromatic nitrogens is 2. The normalized spacial score (nSPS) is 12.0. The van der Waals surface area contributed by atoms with Gasteiger partial charge < -0.3 is 9.73 Å². The number of fused-ring (bicyclic) bond motifs is 1. The van der Waals surface area contributed by atoms with E-state index in [1.165, 1.54) is 11.8 Å². The molecule has 0 fully saturated rings. The van der Waals surface area contributed by atoms with Gasteiger partial charge in [0.25, 0.3) is 5.56 Å². The van der Waals surface area contributed by atoms with E-state index in [1.54, 1.807) is 23.0 Å². The second kappa shape index (κ2) is 9.00. The molecule has 0 saturated carbocycles. The first-order valence-corrected chi connectivity index (χ1v) is 10.6. The van der Waals surface area contributed by atoms with Gasteiger partial charge in [0.15, 0.2) is 5.16 Å². The maximum Gasteiger partial charge on any atom is 0.262 e. The summed E-state index contributed by atoms with van der Waals surface area (Å²) in [4.78, 5) is 30.2. The Hall–Kier alpha value is -3.32. The Morgan fingerprint density at radius 1 is 1.10 bits per heavy atom. The summed E-state index contributed by atoms with van der Waals surface area (Å²) in [5.41, 5.74) is 1.50. The largest absolute Gasteiger partial charge is 0.467 e. The first kappa shape index (κ1) is 20.0. The molecule has 0 bridgehead atoms. The second-order valence-electron chi connectivity index (χ2n) is 6.88. The number of rotatable bonds is 7. The molecule has 0 unspecified atom stereocenters. The van der Waals surface area contributed by atoms with Crippen LogP contribution < -0.4 is 10.9 Å². The van der Waals surface area contributed by atoms with E-state index in [1.807, 2.05) is 61.5 Å². The Balaban J connectivity index is 1.58. The Labute approximate surface area is 177 Å². The molecule has 1 N–H and O–H groups in total. The molecule has 0 spiro atoms. The van der Waals surface area contributed by atoms with Crippen LogP contribution in [0.2, 0.25) is 0 Å². The molecule has 1 amide bonds. The summed E-state index contributed by atoms with van der Waals surface area (Å²) in [5.74, 6) is 0.681. The van der Waals surface area contributed by atoms with Gasteiger partial charge in [0.05, 0.1) is 35.5 Å². The fourth-order valence-corrected chi connectivity index (χ4v) is 4.00. The third kappa shape index (κ3) is 4.46. The zero-order chi connectivity index (χ0) is 20.9. The molecule has 4 aromatic rings. The van der Waals surface area contributed by atoms with Crippen LogP contribution >= 0.6 is 11.8 Å². The van der Waals surface area contributed by atoms with Crippen LogP contribution in [0.1, 0.15) is 24.3 Å². The van der Waals surface area contributed by atoms with E-state index >= 15 is 0 Å². The predicted molar refractivity (Wildman–Crippen MR) is 118 cm³/mol. The minimum absolute atomic E-state index is 0.115. The van der Waals surface area contributed by atoms with Crippen LogP contribution in [0.15, 0.2) is 87.4 Å². The van der Waals surface area contributed by atoms with Gasteiger partial charge in [-0.1, -0.05) is 54.2 Å². The van der Waals surface area contributed by atoms with Crippen LogP contribution in [0, 0.1) is 0 Å². The lowest BCUT2D eigenvalue weighted by atomic mass is 10.2. The molecule has 30 heavy (non-hydrogen) atoms. The summed E-state index contributed by atoms with van der Waals surface area (Å²) in [6, 6.07) is 20.4. The third-order valence-corrected chi connectivity index (χ3v) is 5.67. The standard InChI is InChI=1S/C23H21N3O3S/c1-16(20-12-7-13-29-20)24-21(27)15-30-23-25-19-11-6-5-10-18(19)22(28)26(23)14-17-8-3-2-4-9-17/h2-13,16H,14-15H2,1H3,(H,24,27)/t16-/m0/s1. The Morgan fingerprint density at radius 2 is 1.87 bits per heavy atom. The molecule has 2 aromatic heterocycles. The zero-order valence-electron chi connectivity index (χ0n) is 16.4. The van der Waals surface area contributed by atoms with E-state index in [9.17, 15) is 9.59 Å². The van der Waals surface area contributed by atoms with E-state index in [0.29, 0.717) is 28.4 Å². The Morgan fingerprint density at radius 3 is 2.63 bits per heavy atom. The molecule has 6 nitrogen and oxygen atoms in total. The van der Waals surface area contributed by atoms with Crippen LogP contribution in [-0.2, 0) is 11.3 Å². The third-order valence-electron chi connectivity index (χ3n) is 4.69. The highest BCUT2D eigenvalue weighted by Gasteiger charge is 2.16. The molecule has 2 aromatic carbocycles. The van der Waals surface area contributed by atoms with E-state index < -0.39 is 0 Å². The molecule has 7 heteroatoms. The molecule has 0 saturated heterocycles. The molecule has 2 heterocycles. The number of hydrogen-bond acceptors (Lipinski definition) is 5. The van der Waals surface area contributed by atoms with Gasteiger partial charge in [-0.15, -0.1) is 0 Å². The van der Waals surface area contributed by atoms with Crippen molar-refractivity contribution in [3.8, 4) is 0 Å². The van der Waals surface area contributed by atoms with Crippen LogP contribution in [0.3, 0.4) is 0 Å². The van der Waals surface area contributed by atoms with Gasteiger partial charge in [-0.3, -0.25) is 14.2 Å². The fourth-order valence-electron chi connectivity index (χ4n) is 3.19. The number of carbonyl (C=O) groups is 1. The van der Waals surface area contributed by atoms with Gasteiger partial charge in [0, 0.05) is 0 Å². The first-order valence-electron chi connectivity index (χ1n) is 9.61. The summed E-state index contributed by atoms with van der Waals surface area (Å²) in [6.07, 6.45) is 1.58. The van der Waals surface area contributed by atoms with Crippen LogP contribution in [-0.4, -0.2) is 21.2 Å². The molecule has 0 aliphatic carbocycles. The van der Waals surface area contributed by atoms with Gasteiger partial charge in [-0.05, 0) is 36.8 Å². The van der Waals surface area contributed by atoms with Crippen LogP contribution in [0.4, 0.5) is 0 Å². The number of thioether (sulfide) groups is 1. The first-order chi connectivity index (χ1) is 14.6. The number of furan rings is 1. The van der Waals surface area contributed by atoms with Crippen molar-refractivity contribution in [2.45, 2.75) is 24.7 Å². The number of amides is 1. The monoisotopic (exact) mass is 419 g/mol. The Bertz CT molecular complexity index is 1200. The number of hydrogen-bond donors (Lipinski definition) is 1. The van der Waals surface area contributed by atoms with E-state index in [4.69, 9.17) is 4.42 Å². The highest BCUT2D eigenvalue weighted by atomic mass is 32.2. The quantitative estimate of drug-likeness (QED) is 0.362. The Kier molecular flexibility index (Phi) is 5.99. The zero-order valence-corrected chi connectivity index (χ0v) is 17.3. The molecular weight excluding hydrogens is 398 g/mol. The van der Waals surface area contributed by atoms with Crippen molar-refractivity contribution in [1.29, 1.82) is 0 Å². The lowest BCUT2D eigenvalue weighted by Gasteiger charge is -2.14. The topological polar surface area (TPSA) is 77.1 Å². The van der Waals surface area contributed by atoms with Crippen molar-refractivity contribution in [2.24, 2.45) is 0 Å². The van der Waals surface area contributed by atoms with Gasteiger partial charge >= 0.3 is 0 Å². The summed E-state index contributed by atoms with van der Waals surface area (Å²) in [6.45, 7) is 2.26. The summed E-state index contributed by atoms with van der Waals surface area (Å²) >= 11 is 1.25. The predicted octanol–water partition coefficient (Wildman–Crippen LogP) is 4.01. The van der Waals surface area contributed by atoms with Crippen molar-refractivity contribution in [2.75, 3.05) is 5.75 Å². The number of nitrogens with zero attached hydrogens (tertiary/aromatic N) is 2. The molecule has 152 valence electrons. The fraction of sp³-hybridized carbons (Fsp3) is 0.174. The van der Waals surface area contributed by atoms with Crippen molar-refractivity contribution < 1.29 is 9.21 Å². The van der Waals surface area contributed by atoms with Crippen LogP contribution in [0.25, 0.3) is 10.9 Å². The van der Waals surface area contributed by atoms with E-state index in [0.717, 1.165) is 5.56 Å². The van der Waals surface area contributed by atoms with Gasteiger partial charge in [0.1, 0.15) is 5.76 Å². The van der Waals surface area contributed by atoms with Gasteiger partial charge in [-0.2, -0.15) is 0 Å². The second-order valence-corrected chi connectivity index (χ2v) is 7.82. The molecule has 0 aliphatic rings. The maximum absolute atomic E-state index is 13.1. The smallest absolute Gasteiger partial charge is 0.262 e. The summed E-state index contributed by atoms with van der Waals surface area (Å²) in [5, 5.41) is 3.99. The van der Waals surface area contributed by atoms with E-state index in [2.05, 4.69) is 10.3 Å². The molecular formula is C23H21N3O3S. The number of carbonyl (C=O) groups excluding carboxylic acids is 1. The molecule has 4 rings (SSSR count). The highest BCUT2D eigenvalue weighted by molar-refractivity contribution is 7.99. The highest BCUT2D eigenvalue weighted by Crippen LogP contribution is 2.20. The van der Waals surface area contributed by atoms with E-state index in [-0.39, 0.29) is 23.3 Å². The van der Waals surface area contributed by atoms with Crippen molar-refractivity contribution in [3.63, 3.8) is 0 Å². The van der Waals surface area contributed by atoms with Crippen molar-refractivity contribution in [1.82, 2.24) is 14.9 Å². The lowest BCUT2D eigenvalue weighted by molar-refractivity contribution is -0.119. The maximum atomic E-state index is 13.1. The number of benzene rings is 2. The molecule has 1 atom stereocenters. The minimum Gasteiger partial charge on any atom is -0.467 e. The number of para-hydroxylation sites is 1. The average molecular weight is 420 g/mol.